The molecular formula is C15H22O3S. The van der Waals surface area contributed by atoms with Crippen LogP contribution in [0.3, 0.4) is 0 Å². The van der Waals surface area contributed by atoms with E-state index in [0.717, 1.165) is 18.6 Å². The Morgan fingerprint density at radius 2 is 2.11 bits per heavy atom. The summed E-state index contributed by atoms with van der Waals surface area (Å²) in [4.78, 5) is 11.5. The van der Waals surface area contributed by atoms with Crippen LogP contribution < -0.4 is 0 Å². The molecule has 1 spiro atoms. The Labute approximate surface area is 118 Å². The predicted molar refractivity (Wildman–Crippen MR) is 76.2 cm³/mol. The molecule has 1 saturated heterocycles. The van der Waals surface area contributed by atoms with Gasteiger partial charge in [-0.2, -0.15) is 11.8 Å². The van der Waals surface area contributed by atoms with Crippen molar-refractivity contribution in [2.24, 2.45) is 11.3 Å². The van der Waals surface area contributed by atoms with Gasteiger partial charge in [-0.1, -0.05) is 11.1 Å². The van der Waals surface area contributed by atoms with Crippen molar-refractivity contribution >= 4 is 17.7 Å². The van der Waals surface area contributed by atoms with Crippen LogP contribution in [-0.4, -0.2) is 32.8 Å². The summed E-state index contributed by atoms with van der Waals surface area (Å²) in [5.41, 5.74) is 1.69. The molecule has 4 heteroatoms. The maximum Gasteiger partial charge on any atom is 0.336 e. The van der Waals surface area contributed by atoms with E-state index >= 15 is 0 Å². The first-order valence-electron chi connectivity index (χ1n) is 7.13. The molecule has 2 bridgehead atoms. The number of carbonyl (C=O) groups is 1. The Morgan fingerprint density at radius 3 is 2.74 bits per heavy atom. The third-order valence-electron chi connectivity index (χ3n) is 5.58. The average molecular weight is 282 g/mol. The van der Waals surface area contributed by atoms with Gasteiger partial charge >= 0.3 is 5.97 Å². The van der Waals surface area contributed by atoms with Gasteiger partial charge in [0.05, 0.1) is 0 Å². The molecule has 2 saturated carbocycles. The van der Waals surface area contributed by atoms with Gasteiger partial charge in [-0.05, 0) is 63.0 Å². The van der Waals surface area contributed by atoms with Crippen LogP contribution in [0.1, 0.15) is 46.0 Å². The Hall–Kier alpha value is -0.480. The topological polar surface area (TPSA) is 57.5 Å². The number of hydrogen-bond donors (Lipinski definition) is 2. The van der Waals surface area contributed by atoms with Gasteiger partial charge in [-0.3, -0.25) is 0 Å². The molecule has 1 heterocycles. The van der Waals surface area contributed by atoms with Crippen molar-refractivity contribution in [3.8, 4) is 0 Å². The van der Waals surface area contributed by atoms with Gasteiger partial charge in [-0.15, -0.1) is 0 Å². The lowest BCUT2D eigenvalue weighted by Crippen LogP contribution is -2.46. The SMILES string of the molecule is CC(C)=C1CC[C@]23CS[C@@H](C2)[C@@](O)(C(=O)O)CC[C@@H]13. The molecule has 2 aliphatic carbocycles. The molecule has 3 aliphatic rings. The van der Waals surface area contributed by atoms with E-state index in [4.69, 9.17) is 0 Å². The molecule has 3 rings (SSSR count). The number of thioether (sulfide) groups is 1. The van der Waals surface area contributed by atoms with E-state index in [1.807, 2.05) is 0 Å². The molecule has 19 heavy (non-hydrogen) atoms. The lowest BCUT2D eigenvalue weighted by atomic mass is 9.74. The quantitative estimate of drug-likeness (QED) is 0.726. The molecule has 2 N–H and O–H groups in total. The molecule has 0 amide bonds. The van der Waals surface area contributed by atoms with Crippen LogP contribution in [0, 0.1) is 11.3 Å². The van der Waals surface area contributed by atoms with E-state index in [0.29, 0.717) is 12.3 Å². The van der Waals surface area contributed by atoms with Crippen molar-refractivity contribution in [2.45, 2.75) is 56.8 Å². The van der Waals surface area contributed by atoms with Gasteiger partial charge in [0, 0.05) is 5.25 Å². The summed E-state index contributed by atoms with van der Waals surface area (Å²) in [6.07, 6.45) is 4.47. The molecule has 0 aromatic carbocycles. The minimum absolute atomic E-state index is 0.119. The van der Waals surface area contributed by atoms with Crippen molar-refractivity contribution in [3.63, 3.8) is 0 Å². The van der Waals surface area contributed by atoms with E-state index in [1.54, 1.807) is 11.8 Å². The third-order valence-corrected chi connectivity index (χ3v) is 7.28. The van der Waals surface area contributed by atoms with Crippen molar-refractivity contribution in [1.82, 2.24) is 0 Å². The zero-order valence-electron chi connectivity index (χ0n) is 11.6. The standard InChI is InChI=1S/C15H22O3S/c1-9(2)10-3-5-14-7-12(19-8-14)15(18,13(16)17)6-4-11(10)14/h11-12,18H,3-8H2,1-2H3,(H,16,17)/t11-,12-,14+,15+/m0/s1. The second-order valence-electron chi connectivity index (χ2n) is 6.71. The summed E-state index contributed by atoms with van der Waals surface area (Å²) in [7, 11) is 0. The summed E-state index contributed by atoms with van der Waals surface area (Å²) in [5.74, 6) is 0.499. The number of hydrogen-bond acceptors (Lipinski definition) is 3. The average Bonchev–Trinajstić information content (AvgIpc) is 2.89. The Kier molecular flexibility index (Phi) is 3.02. The van der Waals surface area contributed by atoms with Crippen LogP contribution in [0.15, 0.2) is 11.1 Å². The van der Waals surface area contributed by atoms with Crippen LogP contribution >= 0.6 is 11.8 Å². The Morgan fingerprint density at radius 1 is 1.37 bits per heavy atom. The highest BCUT2D eigenvalue weighted by Crippen LogP contribution is 2.63. The first kappa shape index (κ1) is 13.5. The minimum atomic E-state index is -1.51. The van der Waals surface area contributed by atoms with Gasteiger partial charge in [0.25, 0.3) is 0 Å². The molecule has 106 valence electrons. The van der Waals surface area contributed by atoms with Crippen molar-refractivity contribution < 1.29 is 15.0 Å². The molecule has 4 atom stereocenters. The van der Waals surface area contributed by atoms with Gasteiger partial charge in [0.1, 0.15) is 0 Å². The first-order valence-corrected chi connectivity index (χ1v) is 8.17. The molecule has 3 fully saturated rings. The molecule has 1 aliphatic heterocycles. The summed E-state index contributed by atoms with van der Waals surface area (Å²) in [5, 5.41) is 19.8. The fourth-order valence-corrected chi connectivity index (χ4v) is 6.37. The number of rotatable bonds is 1. The number of aliphatic hydroxyl groups is 1. The Bertz CT molecular complexity index is 454. The fraction of sp³-hybridized carbons (Fsp3) is 0.800. The second kappa shape index (κ2) is 4.26. The summed E-state index contributed by atoms with van der Waals surface area (Å²) in [6.45, 7) is 4.34. The van der Waals surface area contributed by atoms with Gasteiger partial charge < -0.3 is 10.2 Å². The highest BCUT2D eigenvalue weighted by molar-refractivity contribution is 8.00. The summed E-state index contributed by atoms with van der Waals surface area (Å²) < 4.78 is 0. The highest BCUT2D eigenvalue weighted by Gasteiger charge is 2.60. The molecule has 0 radical (unpaired) electrons. The highest BCUT2D eigenvalue weighted by atomic mass is 32.2. The van der Waals surface area contributed by atoms with Crippen molar-refractivity contribution in [1.29, 1.82) is 0 Å². The number of carboxylic acid groups (broad SMARTS) is 1. The summed E-state index contributed by atoms with van der Waals surface area (Å²) in [6, 6.07) is 0. The van der Waals surface area contributed by atoms with Crippen molar-refractivity contribution in [2.75, 3.05) is 5.75 Å². The van der Waals surface area contributed by atoms with E-state index in [2.05, 4.69) is 13.8 Å². The van der Waals surface area contributed by atoms with E-state index in [9.17, 15) is 15.0 Å². The van der Waals surface area contributed by atoms with E-state index in [1.165, 1.54) is 24.0 Å². The lowest BCUT2D eigenvalue weighted by molar-refractivity contribution is -0.159. The van der Waals surface area contributed by atoms with Crippen LogP contribution in [-0.2, 0) is 4.79 Å². The Balaban J connectivity index is 1.99. The van der Waals surface area contributed by atoms with Gasteiger partial charge in [-0.25, -0.2) is 4.79 Å². The van der Waals surface area contributed by atoms with Crippen LogP contribution in [0.5, 0.6) is 0 Å². The fourth-order valence-electron chi connectivity index (χ4n) is 4.43. The normalized spacial score (nSPS) is 44.9. The number of aliphatic carboxylic acids is 1. The second-order valence-corrected chi connectivity index (χ2v) is 7.90. The van der Waals surface area contributed by atoms with Gasteiger partial charge in [0.2, 0.25) is 0 Å². The zero-order chi connectivity index (χ0) is 13.8. The summed E-state index contributed by atoms with van der Waals surface area (Å²) >= 11 is 1.69. The molecule has 3 nitrogen and oxygen atoms in total. The zero-order valence-corrected chi connectivity index (χ0v) is 12.4. The van der Waals surface area contributed by atoms with E-state index < -0.39 is 11.6 Å². The smallest absolute Gasteiger partial charge is 0.336 e. The van der Waals surface area contributed by atoms with Crippen molar-refractivity contribution in [3.05, 3.63) is 11.1 Å². The monoisotopic (exact) mass is 282 g/mol. The largest absolute Gasteiger partial charge is 0.479 e. The van der Waals surface area contributed by atoms with Crippen LogP contribution in [0.25, 0.3) is 0 Å². The minimum Gasteiger partial charge on any atom is -0.479 e. The lowest BCUT2D eigenvalue weighted by Gasteiger charge is -2.31. The first-order chi connectivity index (χ1) is 8.89. The van der Waals surface area contributed by atoms with Crippen LogP contribution in [0.2, 0.25) is 0 Å². The molecule has 0 aromatic heterocycles. The van der Waals surface area contributed by atoms with E-state index in [-0.39, 0.29) is 10.7 Å². The number of carboxylic acids is 1. The maximum absolute atomic E-state index is 11.5. The van der Waals surface area contributed by atoms with Gasteiger partial charge in [0.15, 0.2) is 5.60 Å². The predicted octanol–water partition coefficient (Wildman–Crippen LogP) is 2.83. The van der Waals surface area contributed by atoms with Crippen LogP contribution in [0.4, 0.5) is 0 Å². The molecule has 0 unspecified atom stereocenters. The molecule has 0 aromatic rings. The number of fused-ring (bicyclic) bond motifs is 1. The number of allylic oxidation sites excluding steroid dienone is 2. The molecular weight excluding hydrogens is 260 g/mol. The third kappa shape index (κ3) is 1.79. The maximum atomic E-state index is 11.5.